The maximum absolute atomic E-state index is 12.5. The minimum atomic E-state index is -3.64. The van der Waals surface area contributed by atoms with Crippen molar-refractivity contribution in [1.82, 2.24) is 13.6 Å². The highest BCUT2D eigenvalue weighted by Gasteiger charge is 2.34. The number of carboxylic acid groups (broad SMARTS) is 1. The molecule has 1 unspecified atom stereocenters. The Labute approximate surface area is 128 Å². The lowest BCUT2D eigenvalue weighted by molar-refractivity contribution is -0.142. The molecule has 1 fully saturated rings. The Morgan fingerprint density at radius 1 is 1.62 bits per heavy atom. The normalized spacial score (nSPS) is 20.8. The van der Waals surface area contributed by atoms with Crippen LogP contribution in [0.5, 0.6) is 0 Å². The van der Waals surface area contributed by atoms with E-state index in [1.807, 2.05) is 6.92 Å². The molecule has 1 atom stereocenters. The fourth-order valence-corrected chi connectivity index (χ4v) is 4.68. The molecule has 1 aromatic heterocycles. The van der Waals surface area contributed by atoms with Crippen LogP contribution in [0.2, 0.25) is 0 Å². The molecule has 118 valence electrons. The van der Waals surface area contributed by atoms with Gasteiger partial charge >= 0.3 is 5.97 Å². The molecule has 2 rings (SSSR count). The van der Waals surface area contributed by atoms with Crippen LogP contribution in [-0.2, 0) is 21.5 Å². The van der Waals surface area contributed by atoms with Crippen LogP contribution in [0.1, 0.15) is 22.7 Å². The SMILES string of the molecule is Cc1ncc(CN(C)S(=O)(=O)N2CCCC(C(=O)O)C2)s1. The predicted octanol–water partition coefficient (Wildman–Crippen LogP) is 0.925. The van der Waals surface area contributed by atoms with Gasteiger partial charge in [0, 0.05) is 31.2 Å². The summed E-state index contributed by atoms with van der Waals surface area (Å²) in [4.78, 5) is 16.0. The van der Waals surface area contributed by atoms with E-state index < -0.39 is 22.1 Å². The summed E-state index contributed by atoms with van der Waals surface area (Å²) in [6.45, 7) is 2.54. The zero-order chi connectivity index (χ0) is 15.6. The van der Waals surface area contributed by atoms with E-state index in [0.717, 1.165) is 9.88 Å². The number of aryl methyl sites for hydroxylation is 1. The van der Waals surface area contributed by atoms with E-state index in [0.29, 0.717) is 19.4 Å². The molecule has 1 aromatic rings. The molecular weight excluding hydrogens is 314 g/mol. The Hall–Kier alpha value is -1.03. The number of rotatable bonds is 5. The second kappa shape index (κ2) is 6.39. The molecule has 0 bridgehead atoms. The van der Waals surface area contributed by atoms with Crippen LogP contribution >= 0.6 is 11.3 Å². The van der Waals surface area contributed by atoms with Crippen LogP contribution in [0.3, 0.4) is 0 Å². The van der Waals surface area contributed by atoms with Crippen molar-refractivity contribution in [3.63, 3.8) is 0 Å². The van der Waals surface area contributed by atoms with E-state index in [2.05, 4.69) is 4.98 Å². The third-order valence-corrected chi connectivity index (χ3v) is 6.30. The summed E-state index contributed by atoms with van der Waals surface area (Å²) >= 11 is 1.45. The predicted molar refractivity (Wildman–Crippen MR) is 79.2 cm³/mol. The van der Waals surface area contributed by atoms with Gasteiger partial charge in [-0.15, -0.1) is 11.3 Å². The highest BCUT2D eigenvalue weighted by atomic mass is 32.2. The number of aliphatic carboxylic acids is 1. The molecule has 1 N–H and O–H groups in total. The van der Waals surface area contributed by atoms with Gasteiger partial charge in [-0.3, -0.25) is 4.79 Å². The van der Waals surface area contributed by atoms with E-state index >= 15 is 0 Å². The van der Waals surface area contributed by atoms with Crippen molar-refractivity contribution in [3.05, 3.63) is 16.1 Å². The van der Waals surface area contributed by atoms with Gasteiger partial charge in [0.2, 0.25) is 0 Å². The molecule has 2 heterocycles. The topological polar surface area (TPSA) is 90.8 Å². The van der Waals surface area contributed by atoms with E-state index in [-0.39, 0.29) is 13.1 Å². The lowest BCUT2D eigenvalue weighted by atomic mass is 10.0. The van der Waals surface area contributed by atoms with Crippen LogP contribution in [0, 0.1) is 12.8 Å². The highest BCUT2D eigenvalue weighted by Crippen LogP contribution is 2.22. The number of hydrogen-bond donors (Lipinski definition) is 1. The number of piperidine rings is 1. The number of carbonyl (C=O) groups is 1. The molecule has 1 saturated heterocycles. The third kappa shape index (κ3) is 3.79. The van der Waals surface area contributed by atoms with Gasteiger partial charge < -0.3 is 5.11 Å². The van der Waals surface area contributed by atoms with Crippen molar-refractivity contribution in [3.8, 4) is 0 Å². The monoisotopic (exact) mass is 333 g/mol. The number of aromatic nitrogens is 1. The van der Waals surface area contributed by atoms with Crippen molar-refractivity contribution >= 4 is 27.5 Å². The molecule has 9 heteroatoms. The minimum Gasteiger partial charge on any atom is -0.481 e. The van der Waals surface area contributed by atoms with Crippen molar-refractivity contribution < 1.29 is 18.3 Å². The lowest BCUT2D eigenvalue weighted by Crippen LogP contribution is -2.47. The van der Waals surface area contributed by atoms with Gasteiger partial charge in [-0.2, -0.15) is 17.0 Å². The Bertz CT molecular complexity index is 614. The first-order chi connectivity index (χ1) is 9.80. The van der Waals surface area contributed by atoms with Gasteiger partial charge in [0.25, 0.3) is 10.2 Å². The van der Waals surface area contributed by atoms with Gasteiger partial charge in [0.05, 0.1) is 17.5 Å². The largest absolute Gasteiger partial charge is 0.481 e. The third-order valence-electron chi connectivity index (χ3n) is 3.50. The summed E-state index contributed by atoms with van der Waals surface area (Å²) in [7, 11) is -2.13. The zero-order valence-electron chi connectivity index (χ0n) is 12.0. The molecule has 1 aliphatic rings. The van der Waals surface area contributed by atoms with E-state index in [1.54, 1.807) is 6.20 Å². The fourth-order valence-electron chi connectivity index (χ4n) is 2.33. The summed E-state index contributed by atoms with van der Waals surface area (Å²) in [5, 5.41) is 9.95. The van der Waals surface area contributed by atoms with Gasteiger partial charge in [0.1, 0.15) is 0 Å². The van der Waals surface area contributed by atoms with E-state index in [1.165, 1.54) is 27.0 Å². The second-order valence-electron chi connectivity index (χ2n) is 5.14. The first kappa shape index (κ1) is 16.3. The summed E-state index contributed by atoms with van der Waals surface area (Å²) in [6.07, 6.45) is 2.77. The number of carboxylic acids is 1. The Morgan fingerprint density at radius 2 is 2.33 bits per heavy atom. The molecule has 1 aliphatic heterocycles. The Balaban J connectivity index is 2.07. The summed E-state index contributed by atoms with van der Waals surface area (Å²) < 4.78 is 27.5. The van der Waals surface area contributed by atoms with Crippen LogP contribution < -0.4 is 0 Å². The average Bonchev–Trinajstić information content (AvgIpc) is 2.84. The lowest BCUT2D eigenvalue weighted by Gasteiger charge is -2.32. The Kier molecular flexibility index (Phi) is 4.97. The minimum absolute atomic E-state index is 0.0454. The molecule has 0 aromatic carbocycles. The Morgan fingerprint density at radius 3 is 2.90 bits per heavy atom. The number of hydrogen-bond acceptors (Lipinski definition) is 5. The fraction of sp³-hybridized carbons (Fsp3) is 0.667. The van der Waals surface area contributed by atoms with Crippen molar-refractivity contribution in [2.24, 2.45) is 5.92 Å². The number of nitrogens with zero attached hydrogens (tertiary/aromatic N) is 3. The maximum atomic E-state index is 12.5. The van der Waals surface area contributed by atoms with Gasteiger partial charge in [-0.05, 0) is 19.8 Å². The molecular formula is C12H19N3O4S2. The zero-order valence-corrected chi connectivity index (χ0v) is 13.7. The highest BCUT2D eigenvalue weighted by molar-refractivity contribution is 7.86. The molecule has 7 nitrogen and oxygen atoms in total. The second-order valence-corrected chi connectivity index (χ2v) is 8.50. The maximum Gasteiger partial charge on any atom is 0.307 e. The standard InChI is InChI=1S/C12H19N3O4S2/c1-9-13-6-11(20-9)8-14(2)21(18,19)15-5-3-4-10(7-15)12(16)17/h6,10H,3-5,7-8H2,1-2H3,(H,16,17). The first-order valence-electron chi connectivity index (χ1n) is 6.66. The summed E-state index contributed by atoms with van der Waals surface area (Å²) in [5.74, 6) is -1.55. The summed E-state index contributed by atoms with van der Waals surface area (Å²) in [6, 6.07) is 0. The molecule has 0 saturated carbocycles. The first-order valence-corrected chi connectivity index (χ1v) is 8.87. The van der Waals surface area contributed by atoms with E-state index in [9.17, 15) is 13.2 Å². The summed E-state index contributed by atoms with van der Waals surface area (Å²) in [5.41, 5.74) is 0. The van der Waals surface area contributed by atoms with Gasteiger partial charge in [-0.25, -0.2) is 4.98 Å². The smallest absolute Gasteiger partial charge is 0.307 e. The van der Waals surface area contributed by atoms with Crippen LogP contribution in [0.4, 0.5) is 0 Å². The molecule has 0 radical (unpaired) electrons. The van der Waals surface area contributed by atoms with Gasteiger partial charge in [0.15, 0.2) is 0 Å². The van der Waals surface area contributed by atoms with Crippen molar-refractivity contribution in [2.75, 3.05) is 20.1 Å². The van der Waals surface area contributed by atoms with Crippen LogP contribution in [0.15, 0.2) is 6.20 Å². The molecule has 21 heavy (non-hydrogen) atoms. The van der Waals surface area contributed by atoms with Crippen molar-refractivity contribution in [1.29, 1.82) is 0 Å². The van der Waals surface area contributed by atoms with Gasteiger partial charge in [-0.1, -0.05) is 0 Å². The molecule has 0 amide bonds. The molecule has 0 spiro atoms. The van der Waals surface area contributed by atoms with Crippen LogP contribution in [-0.4, -0.2) is 53.2 Å². The van der Waals surface area contributed by atoms with E-state index in [4.69, 9.17) is 5.11 Å². The number of thiazole rings is 1. The average molecular weight is 333 g/mol. The quantitative estimate of drug-likeness (QED) is 0.865. The molecule has 0 aliphatic carbocycles. The van der Waals surface area contributed by atoms with Crippen molar-refractivity contribution in [2.45, 2.75) is 26.3 Å². The van der Waals surface area contributed by atoms with Crippen LogP contribution in [0.25, 0.3) is 0 Å².